The summed E-state index contributed by atoms with van der Waals surface area (Å²) in [4.78, 5) is 16.6. The summed E-state index contributed by atoms with van der Waals surface area (Å²) in [5.74, 6) is 2.28. The van der Waals surface area contributed by atoms with E-state index in [0.717, 1.165) is 54.1 Å². The van der Waals surface area contributed by atoms with Gasteiger partial charge in [0.25, 0.3) is 5.88 Å². The number of aryl methyl sites for hydroxylation is 3. The van der Waals surface area contributed by atoms with Gasteiger partial charge in [-0.1, -0.05) is 33.6 Å². The van der Waals surface area contributed by atoms with Crippen LogP contribution in [0, 0.1) is 6.92 Å². The third-order valence-corrected chi connectivity index (χ3v) is 4.82. The normalized spacial score (nSPS) is 10.8. The number of rotatable bonds is 10. The molecule has 0 bridgehead atoms. The summed E-state index contributed by atoms with van der Waals surface area (Å²) in [6.07, 6.45) is 5.06. The van der Waals surface area contributed by atoms with Crippen LogP contribution in [-0.2, 0) is 12.8 Å². The minimum atomic E-state index is 0.588. The van der Waals surface area contributed by atoms with Crippen LogP contribution in [0.25, 0.3) is 11.3 Å². The SMILES string of the molecule is CCCCCOc1nc(CC)c(-c2cc(CC)c(N(C)C)nc2C)nc1NC. The van der Waals surface area contributed by atoms with Gasteiger partial charge in [0.15, 0.2) is 5.82 Å². The van der Waals surface area contributed by atoms with Crippen molar-refractivity contribution in [3.63, 3.8) is 0 Å². The Kier molecular flexibility index (Phi) is 8.03. The molecule has 0 radical (unpaired) electrons. The Morgan fingerprint density at radius 2 is 1.79 bits per heavy atom. The summed E-state index contributed by atoms with van der Waals surface area (Å²) in [5, 5.41) is 3.15. The Hall–Kier alpha value is -2.37. The van der Waals surface area contributed by atoms with E-state index in [9.17, 15) is 0 Å². The first kappa shape index (κ1) is 21.9. The van der Waals surface area contributed by atoms with Gasteiger partial charge in [-0.05, 0) is 37.8 Å². The van der Waals surface area contributed by atoms with Crippen LogP contribution >= 0.6 is 0 Å². The number of pyridine rings is 1. The van der Waals surface area contributed by atoms with Crippen molar-refractivity contribution in [3.8, 4) is 17.1 Å². The Morgan fingerprint density at radius 3 is 2.36 bits per heavy atom. The molecular formula is C22H35N5O. The fourth-order valence-electron chi connectivity index (χ4n) is 3.22. The van der Waals surface area contributed by atoms with Gasteiger partial charge in [0.05, 0.1) is 18.0 Å². The molecule has 0 unspecified atom stereocenters. The maximum Gasteiger partial charge on any atom is 0.257 e. The highest BCUT2D eigenvalue weighted by Gasteiger charge is 2.19. The maximum absolute atomic E-state index is 5.93. The van der Waals surface area contributed by atoms with Gasteiger partial charge in [-0.2, -0.15) is 0 Å². The molecule has 0 saturated heterocycles. The quantitative estimate of drug-likeness (QED) is 0.601. The van der Waals surface area contributed by atoms with Crippen LogP contribution < -0.4 is 15.0 Å². The van der Waals surface area contributed by atoms with E-state index >= 15 is 0 Å². The molecule has 154 valence electrons. The molecule has 0 aliphatic carbocycles. The standard InChI is InChI=1S/C22H35N5O/c1-8-11-12-13-28-22-20(23-5)26-19(18(10-3)25-22)17-14-16(9-2)21(27(6)7)24-15(17)4/h14H,8-13H2,1-7H3,(H,23,26). The first-order chi connectivity index (χ1) is 13.5. The number of nitrogens with one attached hydrogen (secondary N) is 1. The predicted octanol–water partition coefficient (Wildman–Crippen LogP) is 4.65. The number of aromatic nitrogens is 3. The maximum atomic E-state index is 5.93. The number of hydrogen-bond acceptors (Lipinski definition) is 6. The molecule has 0 aromatic carbocycles. The van der Waals surface area contributed by atoms with Gasteiger partial charge in [0.1, 0.15) is 5.82 Å². The Morgan fingerprint density at radius 1 is 1.04 bits per heavy atom. The third-order valence-electron chi connectivity index (χ3n) is 4.82. The Labute approximate surface area is 169 Å². The molecule has 2 aromatic rings. The van der Waals surface area contributed by atoms with Gasteiger partial charge in [-0.25, -0.2) is 15.0 Å². The van der Waals surface area contributed by atoms with Crippen LogP contribution in [0.2, 0.25) is 0 Å². The number of ether oxygens (including phenoxy) is 1. The molecule has 0 aliphatic rings. The van der Waals surface area contributed by atoms with Crippen LogP contribution in [-0.4, -0.2) is 42.7 Å². The largest absolute Gasteiger partial charge is 0.475 e. The molecule has 0 amide bonds. The van der Waals surface area contributed by atoms with E-state index in [0.29, 0.717) is 18.3 Å². The van der Waals surface area contributed by atoms with Crippen LogP contribution in [0.4, 0.5) is 11.6 Å². The molecule has 28 heavy (non-hydrogen) atoms. The number of nitrogens with zero attached hydrogens (tertiary/aromatic N) is 4. The van der Waals surface area contributed by atoms with E-state index in [1.54, 1.807) is 0 Å². The summed E-state index contributed by atoms with van der Waals surface area (Å²) in [5.41, 5.74) is 5.04. The van der Waals surface area contributed by atoms with Crippen molar-refractivity contribution in [3.05, 3.63) is 23.0 Å². The summed E-state index contributed by atoms with van der Waals surface area (Å²) in [6, 6.07) is 2.21. The van der Waals surface area contributed by atoms with Crippen molar-refractivity contribution in [1.82, 2.24) is 15.0 Å². The first-order valence-corrected chi connectivity index (χ1v) is 10.4. The molecule has 0 atom stereocenters. The van der Waals surface area contributed by atoms with E-state index < -0.39 is 0 Å². The lowest BCUT2D eigenvalue weighted by Gasteiger charge is -2.20. The molecular weight excluding hydrogens is 350 g/mol. The van der Waals surface area contributed by atoms with E-state index in [4.69, 9.17) is 19.7 Å². The average Bonchev–Trinajstić information content (AvgIpc) is 2.70. The van der Waals surface area contributed by atoms with Crippen molar-refractivity contribution in [2.75, 3.05) is 38.0 Å². The lowest BCUT2D eigenvalue weighted by molar-refractivity contribution is 0.294. The van der Waals surface area contributed by atoms with Crippen molar-refractivity contribution in [2.24, 2.45) is 0 Å². The zero-order chi connectivity index (χ0) is 20.7. The van der Waals surface area contributed by atoms with E-state index in [1.807, 2.05) is 28.1 Å². The second kappa shape index (κ2) is 10.2. The molecule has 2 aromatic heterocycles. The lowest BCUT2D eigenvalue weighted by atomic mass is 10.0. The molecule has 1 N–H and O–H groups in total. The molecule has 6 heteroatoms. The van der Waals surface area contributed by atoms with Gasteiger partial charge >= 0.3 is 0 Å². The predicted molar refractivity (Wildman–Crippen MR) is 118 cm³/mol. The summed E-state index contributed by atoms with van der Waals surface area (Å²) in [7, 11) is 5.92. The van der Waals surface area contributed by atoms with Crippen LogP contribution in [0.5, 0.6) is 5.88 Å². The molecule has 2 rings (SSSR count). The van der Waals surface area contributed by atoms with Gasteiger partial charge in [0, 0.05) is 32.4 Å². The van der Waals surface area contributed by atoms with Gasteiger partial charge in [0.2, 0.25) is 0 Å². The second-order valence-electron chi connectivity index (χ2n) is 7.18. The fourth-order valence-corrected chi connectivity index (χ4v) is 3.22. The average molecular weight is 386 g/mol. The van der Waals surface area contributed by atoms with E-state index in [-0.39, 0.29) is 0 Å². The molecule has 0 spiro atoms. The minimum Gasteiger partial charge on any atom is -0.475 e. The zero-order valence-electron chi connectivity index (χ0n) is 18.5. The van der Waals surface area contributed by atoms with E-state index in [1.165, 1.54) is 12.0 Å². The molecule has 0 fully saturated rings. The number of unbranched alkanes of at least 4 members (excludes halogenated alkanes) is 2. The number of anilines is 2. The van der Waals surface area contributed by atoms with Crippen LogP contribution in [0.15, 0.2) is 6.07 Å². The van der Waals surface area contributed by atoms with Crippen LogP contribution in [0.3, 0.4) is 0 Å². The summed E-state index contributed by atoms with van der Waals surface area (Å²) >= 11 is 0. The molecule has 0 aliphatic heterocycles. The fraction of sp³-hybridized carbons (Fsp3) is 0.591. The van der Waals surface area contributed by atoms with Crippen molar-refractivity contribution in [2.45, 2.75) is 59.8 Å². The van der Waals surface area contributed by atoms with Crippen LogP contribution in [0.1, 0.15) is 57.0 Å². The van der Waals surface area contributed by atoms with Crippen molar-refractivity contribution >= 4 is 11.6 Å². The summed E-state index contributed by atoms with van der Waals surface area (Å²) in [6.45, 7) is 9.15. The molecule has 2 heterocycles. The highest BCUT2D eigenvalue weighted by atomic mass is 16.5. The zero-order valence-corrected chi connectivity index (χ0v) is 18.5. The van der Waals surface area contributed by atoms with Crippen molar-refractivity contribution in [1.29, 1.82) is 0 Å². The second-order valence-corrected chi connectivity index (χ2v) is 7.18. The number of hydrogen-bond donors (Lipinski definition) is 1. The highest BCUT2D eigenvalue weighted by molar-refractivity contribution is 5.70. The van der Waals surface area contributed by atoms with Crippen molar-refractivity contribution < 1.29 is 4.74 Å². The lowest BCUT2D eigenvalue weighted by Crippen LogP contribution is -2.15. The smallest absolute Gasteiger partial charge is 0.257 e. The van der Waals surface area contributed by atoms with Gasteiger partial charge < -0.3 is 15.0 Å². The first-order valence-electron chi connectivity index (χ1n) is 10.4. The Balaban J connectivity index is 2.50. The van der Waals surface area contributed by atoms with E-state index in [2.05, 4.69) is 37.1 Å². The minimum absolute atomic E-state index is 0.588. The summed E-state index contributed by atoms with van der Waals surface area (Å²) < 4.78 is 5.93. The highest BCUT2D eigenvalue weighted by Crippen LogP contribution is 2.32. The topological polar surface area (TPSA) is 63.2 Å². The third kappa shape index (κ3) is 4.91. The van der Waals surface area contributed by atoms with Gasteiger partial charge in [-0.3, -0.25) is 0 Å². The Bertz CT molecular complexity index is 789. The molecule has 0 saturated carbocycles. The molecule has 6 nitrogen and oxygen atoms in total. The monoisotopic (exact) mass is 385 g/mol. The van der Waals surface area contributed by atoms with Gasteiger partial charge in [-0.15, -0.1) is 0 Å².